The van der Waals surface area contributed by atoms with Gasteiger partial charge in [-0.1, -0.05) is 0 Å². The predicted octanol–water partition coefficient (Wildman–Crippen LogP) is 0.600. The molecule has 0 spiro atoms. The zero-order valence-corrected chi connectivity index (χ0v) is 9.40. The lowest BCUT2D eigenvalue weighted by atomic mass is 9.95. The van der Waals surface area contributed by atoms with Crippen LogP contribution < -0.4 is 5.73 Å². The van der Waals surface area contributed by atoms with E-state index in [9.17, 15) is 5.11 Å². The van der Waals surface area contributed by atoms with E-state index in [2.05, 4.69) is 4.98 Å². The van der Waals surface area contributed by atoms with Crippen molar-refractivity contribution < 1.29 is 5.11 Å². The molecule has 1 saturated carbocycles. The molecule has 1 aromatic heterocycles. The van der Waals surface area contributed by atoms with Crippen LogP contribution in [0.3, 0.4) is 0 Å². The van der Waals surface area contributed by atoms with Crippen LogP contribution in [0.4, 0.5) is 0 Å². The largest absolute Gasteiger partial charge is 0.394 e. The Labute approximate surface area is 90.1 Å². The highest BCUT2D eigenvalue weighted by Gasteiger charge is 2.42. The lowest BCUT2D eigenvalue weighted by Crippen LogP contribution is -2.49. The summed E-state index contributed by atoms with van der Waals surface area (Å²) in [4.78, 5) is 4.24. The minimum Gasteiger partial charge on any atom is -0.394 e. The maximum absolute atomic E-state index is 9.40. The second-order valence-electron chi connectivity index (χ2n) is 4.71. The van der Waals surface area contributed by atoms with E-state index >= 15 is 0 Å². The minimum absolute atomic E-state index is 0.0499. The lowest BCUT2D eigenvalue weighted by molar-refractivity contribution is 0.158. The minimum atomic E-state index is -0.460. The fraction of sp³-hybridized carbons (Fsp3) is 0.727. The smallest absolute Gasteiger partial charge is 0.0952 e. The summed E-state index contributed by atoms with van der Waals surface area (Å²) in [5, 5.41) is 9.40. The van der Waals surface area contributed by atoms with Crippen LogP contribution in [-0.2, 0) is 6.54 Å². The normalized spacial score (nSPS) is 20.3. The summed E-state index contributed by atoms with van der Waals surface area (Å²) in [7, 11) is 0. The van der Waals surface area contributed by atoms with Gasteiger partial charge in [0.1, 0.15) is 0 Å². The van der Waals surface area contributed by atoms with Crippen molar-refractivity contribution >= 4 is 0 Å². The van der Waals surface area contributed by atoms with Gasteiger partial charge in [-0.2, -0.15) is 0 Å². The van der Waals surface area contributed by atoms with E-state index in [4.69, 9.17) is 5.73 Å². The number of aromatic nitrogens is 2. The summed E-state index contributed by atoms with van der Waals surface area (Å²) in [6, 6.07) is 0. The summed E-state index contributed by atoms with van der Waals surface area (Å²) in [6.45, 7) is 4.74. The summed E-state index contributed by atoms with van der Waals surface area (Å²) in [5.41, 5.74) is 7.93. The molecule has 0 saturated heterocycles. The number of aliphatic hydroxyl groups is 1. The van der Waals surface area contributed by atoms with Crippen molar-refractivity contribution in [1.29, 1.82) is 0 Å². The number of imidazole rings is 1. The summed E-state index contributed by atoms with van der Waals surface area (Å²) in [5.74, 6) is 0.476. The third-order valence-corrected chi connectivity index (χ3v) is 3.49. The second-order valence-corrected chi connectivity index (χ2v) is 4.71. The molecule has 1 aliphatic rings. The van der Waals surface area contributed by atoms with Gasteiger partial charge in [-0.15, -0.1) is 0 Å². The molecule has 2 rings (SSSR count). The number of hydrogen-bond donors (Lipinski definition) is 2. The first-order valence-corrected chi connectivity index (χ1v) is 5.45. The van der Waals surface area contributed by atoms with Crippen molar-refractivity contribution in [2.75, 3.05) is 6.61 Å². The number of nitrogens with zero attached hydrogens (tertiary/aromatic N) is 2. The van der Waals surface area contributed by atoms with Gasteiger partial charge in [-0.3, -0.25) is 0 Å². The molecular formula is C11H19N3O. The Hall–Kier alpha value is -0.870. The van der Waals surface area contributed by atoms with Crippen molar-refractivity contribution in [2.24, 2.45) is 11.7 Å². The van der Waals surface area contributed by atoms with Crippen LogP contribution in [-0.4, -0.2) is 26.8 Å². The van der Waals surface area contributed by atoms with Crippen molar-refractivity contribution in [3.8, 4) is 0 Å². The van der Waals surface area contributed by atoms with Gasteiger partial charge >= 0.3 is 0 Å². The Kier molecular flexibility index (Phi) is 2.56. The Bertz CT molecular complexity index is 357. The van der Waals surface area contributed by atoms with E-state index in [1.807, 2.05) is 24.7 Å². The zero-order valence-electron chi connectivity index (χ0n) is 9.40. The van der Waals surface area contributed by atoms with Gasteiger partial charge in [-0.05, 0) is 32.6 Å². The van der Waals surface area contributed by atoms with Crippen molar-refractivity contribution in [1.82, 2.24) is 9.55 Å². The first kappa shape index (κ1) is 10.6. The molecule has 3 N–H and O–H groups in total. The molecule has 1 aromatic rings. The second kappa shape index (κ2) is 3.61. The van der Waals surface area contributed by atoms with Crippen LogP contribution in [0, 0.1) is 19.8 Å². The van der Waals surface area contributed by atoms with Gasteiger partial charge in [-0.25, -0.2) is 4.98 Å². The van der Waals surface area contributed by atoms with Crippen molar-refractivity contribution in [2.45, 2.75) is 38.8 Å². The fourth-order valence-corrected chi connectivity index (χ4v) is 1.99. The Morgan fingerprint density at radius 3 is 2.67 bits per heavy atom. The quantitative estimate of drug-likeness (QED) is 0.763. The van der Waals surface area contributed by atoms with E-state index in [-0.39, 0.29) is 6.61 Å². The van der Waals surface area contributed by atoms with Crippen LogP contribution in [0.5, 0.6) is 0 Å². The number of aliphatic hydroxyl groups excluding tert-OH is 1. The molecule has 0 aromatic carbocycles. The molecule has 1 unspecified atom stereocenters. The molecule has 15 heavy (non-hydrogen) atoms. The highest BCUT2D eigenvalue weighted by Crippen LogP contribution is 2.39. The third kappa shape index (κ3) is 1.92. The van der Waals surface area contributed by atoms with Gasteiger partial charge in [0.05, 0.1) is 24.2 Å². The monoisotopic (exact) mass is 209 g/mol. The molecular weight excluding hydrogens is 190 g/mol. The molecule has 1 aliphatic carbocycles. The summed E-state index contributed by atoms with van der Waals surface area (Å²) in [6.07, 6.45) is 4.10. The molecule has 4 nitrogen and oxygen atoms in total. The van der Waals surface area contributed by atoms with E-state index in [1.54, 1.807) is 0 Å². The molecule has 0 aliphatic heterocycles. The molecule has 0 radical (unpaired) electrons. The van der Waals surface area contributed by atoms with Crippen LogP contribution in [0.15, 0.2) is 6.33 Å². The Morgan fingerprint density at radius 2 is 2.27 bits per heavy atom. The van der Waals surface area contributed by atoms with Crippen LogP contribution in [0.25, 0.3) is 0 Å². The van der Waals surface area contributed by atoms with E-state index in [0.29, 0.717) is 12.5 Å². The van der Waals surface area contributed by atoms with Crippen molar-refractivity contribution in [3.05, 3.63) is 17.7 Å². The highest BCUT2D eigenvalue weighted by atomic mass is 16.3. The van der Waals surface area contributed by atoms with Gasteiger partial charge in [0.25, 0.3) is 0 Å². The van der Waals surface area contributed by atoms with Crippen molar-refractivity contribution in [3.63, 3.8) is 0 Å². The standard InChI is InChI=1S/C11H19N3O/c1-8-9(2)14(7-13-8)5-11(12,6-15)10-3-4-10/h7,10,15H,3-6,12H2,1-2H3. The SMILES string of the molecule is Cc1ncn(CC(N)(CO)C2CC2)c1C. The first-order valence-electron chi connectivity index (χ1n) is 5.45. The van der Waals surface area contributed by atoms with E-state index in [1.165, 1.54) is 0 Å². The maximum Gasteiger partial charge on any atom is 0.0952 e. The van der Waals surface area contributed by atoms with E-state index < -0.39 is 5.54 Å². The molecule has 84 valence electrons. The average molecular weight is 209 g/mol. The number of aryl methyl sites for hydroxylation is 1. The zero-order chi connectivity index (χ0) is 11.1. The molecule has 0 bridgehead atoms. The van der Waals surface area contributed by atoms with Gasteiger partial charge in [0.15, 0.2) is 0 Å². The first-order chi connectivity index (χ1) is 7.07. The average Bonchev–Trinajstić information content (AvgIpc) is 3.02. The van der Waals surface area contributed by atoms with Crippen LogP contribution in [0.2, 0.25) is 0 Å². The van der Waals surface area contributed by atoms with Gasteiger partial charge in [0, 0.05) is 12.2 Å². The Morgan fingerprint density at radius 1 is 1.60 bits per heavy atom. The van der Waals surface area contributed by atoms with Gasteiger partial charge < -0.3 is 15.4 Å². The molecule has 0 amide bonds. The third-order valence-electron chi connectivity index (χ3n) is 3.49. The summed E-state index contributed by atoms with van der Waals surface area (Å²) >= 11 is 0. The number of hydrogen-bond acceptors (Lipinski definition) is 3. The fourth-order valence-electron chi connectivity index (χ4n) is 1.99. The van der Waals surface area contributed by atoms with Crippen LogP contribution >= 0.6 is 0 Å². The number of rotatable bonds is 4. The lowest BCUT2D eigenvalue weighted by Gasteiger charge is -2.28. The molecule has 1 atom stereocenters. The van der Waals surface area contributed by atoms with E-state index in [0.717, 1.165) is 24.2 Å². The Balaban J connectivity index is 2.16. The highest BCUT2D eigenvalue weighted by molar-refractivity contribution is 5.10. The van der Waals surface area contributed by atoms with Gasteiger partial charge in [0.2, 0.25) is 0 Å². The molecule has 1 heterocycles. The van der Waals surface area contributed by atoms with Crippen LogP contribution in [0.1, 0.15) is 24.2 Å². The topological polar surface area (TPSA) is 64.1 Å². The molecule has 1 fully saturated rings. The molecule has 4 heteroatoms. The number of nitrogens with two attached hydrogens (primary N) is 1. The maximum atomic E-state index is 9.40. The summed E-state index contributed by atoms with van der Waals surface area (Å²) < 4.78 is 2.05. The predicted molar refractivity (Wildman–Crippen MR) is 58.4 cm³/mol.